The van der Waals surface area contributed by atoms with Crippen LogP contribution in [0.4, 0.5) is 0 Å². The van der Waals surface area contributed by atoms with Crippen molar-refractivity contribution in [3.8, 4) is 28.2 Å². The second-order valence-corrected chi connectivity index (χ2v) is 6.95. The van der Waals surface area contributed by atoms with Gasteiger partial charge in [0.15, 0.2) is 12.0 Å². The minimum Gasteiger partial charge on any atom is -0.443 e. The summed E-state index contributed by atoms with van der Waals surface area (Å²) in [6, 6.07) is 20.9. The van der Waals surface area contributed by atoms with Crippen LogP contribution in [0, 0.1) is 13.8 Å². The lowest BCUT2D eigenvalue weighted by Crippen LogP contribution is -2.02. The van der Waals surface area contributed by atoms with Crippen molar-refractivity contribution in [1.82, 2.24) is 14.5 Å². The van der Waals surface area contributed by atoms with Crippen molar-refractivity contribution in [2.45, 2.75) is 13.8 Å². The van der Waals surface area contributed by atoms with Crippen LogP contribution in [-0.4, -0.2) is 14.5 Å². The maximum atomic E-state index is 5.64. The van der Waals surface area contributed by atoms with Gasteiger partial charge in [-0.15, -0.1) is 0 Å². The molecule has 0 saturated heterocycles. The molecule has 5 aromatic rings. The van der Waals surface area contributed by atoms with E-state index in [9.17, 15) is 0 Å². The number of oxazole rings is 1. The van der Waals surface area contributed by atoms with Crippen molar-refractivity contribution in [3.05, 3.63) is 90.6 Å². The summed E-state index contributed by atoms with van der Waals surface area (Å²) in [6.45, 7) is 4.29. The van der Waals surface area contributed by atoms with Gasteiger partial charge in [-0.1, -0.05) is 36.4 Å². The highest BCUT2D eigenvalue weighted by Gasteiger charge is 2.16. The third kappa shape index (κ3) is 2.62. The fraction of sp³-hybridized carbons (Fsp3) is 0.0833. The zero-order chi connectivity index (χ0) is 19.1. The van der Waals surface area contributed by atoms with Crippen LogP contribution in [0.1, 0.15) is 11.1 Å². The lowest BCUT2D eigenvalue weighted by molar-refractivity contribution is 0.602. The first-order chi connectivity index (χ1) is 13.7. The van der Waals surface area contributed by atoms with E-state index in [0.29, 0.717) is 0 Å². The molecule has 0 unspecified atom stereocenters. The number of para-hydroxylation sites is 1. The zero-order valence-corrected chi connectivity index (χ0v) is 15.8. The maximum absolute atomic E-state index is 5.64. The molecule has 0 aliphatic carbocycles. The molecule has 0 bridgehead atoms. The fourth-order valence-corrected chi connectivity index (χ4v) is 3.88. The van der Waals surface area contributed by atoms with Crippen LogP contribution in [0.3, 0.4) is 0 Å². The van der Waals surface area contributed by atoms with Gasteiger partial charge in [-0.3, -0.25) is 4.57 Å². The predicted molar refractivity (Wildman–Crippen MR) is 111 cm³/mol. The maximum Gasteiger partial charge on any atom is 0.182 e. The molecule has 136 valence electrons. The summed E-state index contributed by atoms with van der Waals surface area (Å²) in [5.74, 6) is 0.848. The minimum absolute atomic E-state index is 0.756. The molecule has 5 rings (SSSR count). The van der Waals surface area contributed by atoms with E-state index >= 15 is 0 Å². The highest BCUT2D eigenvalue weighted by atomic mass is 16.3. The largest absolute Gasteiger partial charge is 0.443 e. The van der Waals surface area contributed by atoms with E-state index in [-0.39, 0.29) is 0 Å². The number of hydrogen-bond acceptors (Lipinski definition) is 3. The van der Waals surface area contributed by atoms with Crippen LogP contribution in [-0.2, 0) is 0 Å². The average molecular weight is 365 g/mol. The molecule has 0 N–H and O–H groups in total. The van der Waals surface area contributed by atoms with Gasteiger partial charge in [0.05, 0.1) is 11.3 Å². The Hall–Kier alpha value is -3.66. The van der Waals surface area contributed by atoms with Crippen LogP contribution in [0.5, 0.6) is 0 Å². The fourth-order valence-electron chi connectivity index (χ4n) is 3.88. The number of hydrogen-bond donors (Lipinski definition) is 0. The number of aromatic nitrogens is 3. The highest BCUT2D eigenvalue weighted by molar-refractivity contribution is 5.88. The third-order valence-corrected chi connectivity index (χ3v) is 5.08. The van der Waals surface area contributed by atoms with Gasteiger partial charge in [-0.05, 0) is 60.4 Å². The average Bonchev–Trinajstić information content (AvgIpc) is 3.37. The Bertz CT molecular complexity index is 1260. The second-order valence-electron chi connectivity index (χ2n) is 6.95. The van der Waals surface area contributed by atoms with E-state index in [1.165, 1.54) is 28.6 Å². The molecule has 4 nitrogen and oxygen atoms in total. The van der Waals surface area contributed by atoms with Gasteiger partial charge < -0.3 is 4.42 Å². The van der Waals surface area contributed by atoms with Crippen molar-refractivity contribution in [2.24, 2.45) is 0 Å². The Morgan fingerprint density at radius 1 is 0.821 bits per heavy atom. The first-order valence-corrected chi connectivity index (χ1v) is 9.25. The van der Waals surface area contributed by atoms with E-state index < -0.39 is 0 Å². The van der Waals surface area contributed by atoms with Gasteiger partial charge in [0.25, 0.3) is 0 Å². The molecule has 0 aliphatic heterocycles. The van der Waals surface area contributed by atoms with Gasteiger partial charge in [-0.25, -0.2) is 9.97 Å². The van der Waals surface area contributed by atoms with Gasteiger partial charge in [0, 0.05) is 12.4 Å². The molecule has 0 spiro atoms. The molecule has 0 fully saturated rings. The van der Waals surface area contributed by atoms with Crippen molar-refractivity contribution in [2.75, 3.05) is 0 Å². The molecule has 2 aromatic heterocycles. The summed E-state index contributed by atoms with van der Waals surface area (Å²) in [5.41, 5.74) is 8.50. The van der Waals surface area contributed by atoms with Gasteiger partial charge in [-0.2, -0.15) is 0 Å². The topological polar surface area (TPSA) is 43.9 Å². The molecular formula is C24H19N3O. The molecule has 2 heterocycles. The summed E-state index contributed by atoms with van der Waals surface area (Å²) in [4.78, 5) is 8.90. The summed E-state index contributed by atoms with van der Waals surface area (Å²) in [5, 5.41) is 0. The Kier molecular flexibility index (Phi) is 3.83. The Morgan fingerprint density at radius 2 is 1.61 bits per heavy atom. The second kappa shape index (κ2) is 6.50. The van der Waals surface area contributed by atoms with Crippen LogP contribution >= 0.6 is 0 Å². The molecule has 4 heteroatoms. The lowest BCUT2D eigenvalue weighted by atomic mass is 9.98. The van der Waals surface area contributed by atoms with Gasteiger partial charge in [0.1, 0.15) is 11.3 Å². The number of rotatable bonds is 3. The molecule has 0 atom stereocenters. The van der Waals surface area contributed by atoms with Crippen molar-refractivity contribution in [1.29, 1.82) is 0 Å². The smallest absolute Gasteiger partial charge is 0.182 e. The van der Waals surface area contributed by atoms with E-state index in [0.717, 1.165) is 28.2 Å². The van der Waals surface area contributed by atoms with E-state index in [1.54, 1.807) is 0 Å². The van der Waals surface area contributed by atoms with E-state index in [4.69, 9.17) is 4.42 Å². The monoisotopic (exact) mass is 365 g/mol. The SMILES string of the molecule is Cc1cc(-c2ccccc2)cc(C)c1-n1ccnc1-c1cccc2ncoc12. The van der Waals surface area contributed by atoms with Crippen molar-refractivity contribution in [3.63, 3.8) is 0 Å². The molecule has 0 amide bonds. The number of fused-ring (bicyclic) bond motifs is 1. The Morgan fingerprint density at radius 3 is 2.39 bits per heavy atom. The summed E-state index contributed by atoms with van der Waals surface area (Å²) in [6.07, 6.45) is 5.31. The third-order valence-electron chi connectivity index (χ3n) is 5.08. The standard InChI is InChI=1S/C24H19N3O/c1-16-13-19(18-7-4-3-5-8-18)14-17(2)22(16)27-12-11-25-24(27)20-9-6-10-21-23(20)28-15-26-21/h3-15H,1-2H3. The first-order valence-electron chi connectivity index (χ1n) is 9.25. The molecule has 3 aromatic carbocycles. The van der Waals surface area contributed by atoms with Crippen LogP contribution in [0.25, 0.3) is 39.3 Å². The molecule has 0 radical (unpaired) electrons. The number of aryl methyl sites for hydroxylation is 2. The van der Waals surface area contributed by atoms with Crippen molar-refractivity contribution < 1.29 is 4.42 Å². The Balaban J connectivity index is 1.68. The highest BCUT2D eigenvalue weighted by Crippen LogP contribution is 2.33. The molecule has 0 saturated carbocycles. The van der Waals surface area contributed by atoms with Crippen LogP contribution in [0.2, 0.25) is 0 Å². The van der Waals surface area contributed by atoms with Crippen molar-refractivity contribution >= 4 is 11.1 Å². The predicted octanol–water partition coefficient (Wildman–Crippen LogP) is 5.96. The number of nitrogens with zero attached hydrogens (tertiary/aromatic N) is 3. The van der Waals surface area contributed by atoms with Gasteiger partial charge in [0.2, 0.25) is 0 Å². The lowest BCUT2D eigenvalue weighted by Gasteiger charge is -2.16. The number of benzene rings is 3. The van der Waals surface area contributed by atoms with E-state index in [2.05, 4.69) is 64.8 Å². The summed E-state index contributed by atoms with van der Waals surface area (Å²) < 4.78 is 7.77. The zero-order valence-electron chi connectivity index (χ0n) is 15.8. The van der Waals surface area contributed by atoms with E-state index in [1.807, 2.05) is 36.7 Å². The molecule has 28 heavy (non-hydrogen) atoms. The summed E-state index contributed by atoms with van der Waals surface area (Å²) in [7, 11) is 0. The number of imidazole rings is 1. The summed E-state index contributed by atoms with van der Waals surface area (Å²) >= 11 is 0. The minimum atomic E-state index is 0.756. The van der Waals surface area contributed by atoms with Gasteiger partial charge >= 0.3 is 0 Å². The van der Waals surface area contributed by atoms with Crippen LogP contribution in [0.15, 0.2) is 83.9 Å². The molecular weight excluding hydrogens is 346 g/mol. The quantitative estimate of drug-likeness (QED) is 0.396. The normalized spacial score (nSPS) is 11.2. The first kappa shape index (κ1) is 16.5. The van der Waals surface area contributed by atoms with Crippen LogP contribution < -0.4 is 0 Å². The Labute approximate surface area is 163 Å². The molecule has 0 aliphatic rings.